The summed E-state index contributed by atoms with van der Waals surface area (Å²) in [6.45, 7) is 0.118. The zero-order valence-electron chi connectivity index (χ0n) is 13.8. The lowest BCUT2D eigenvalue weighted by molar-refractivity contribution is 0.0501. The fourth-order valence-corrected chi connectivity index (χ4v) is 3.36. The fraction of sp³-hybridized carbons (Fsp3) is 0.222. The number of sulfonamides is 1. The van der Waals surface area contributed by atoms with Crippen molar-refractivity contribution in [3.05, 3.63) is 60.2 Å². The topological polar surface area (TPSA) is 87.5 Å². The summed E-state index contributed by atoms with van der Waals surface area (Å²) in [4.78, 5) is 12.0. The highest BCUT2D eigenvalue weighted by Gasteiger charge is 2.22. The molecule has 2 aromatic carbocycles. The maximum Gasteiger partial charge on any atom is 0.338 e. The standard InChI is InChI=1S/C18H18N2O4S/c1-20(16-9-3-2-4-10-16)25(22,23)17-11-7-8-15(14-17)18(21)24-13-6-5-12-19/h2-4,7-11,14H,5-6,13H2,1H3. The van der Waals surface area contributed by atoms with E-state index in [0.717, 1.165) is 4.31 Å². The molecule has 0 spiro atoms. The van der Waals surface area contributed by atoms with E-state index in [1.807, 2.05) is 6.07 Å². The number of ether oxygens (including phenoxy) is 1. The van der Waals surface area contributed by atoms with Gasteiger partial charge in [0, 0.05) is 13.5 Å². The third kappa shape index (κ3) is 4.58. The summed E-state index contributed by atoms with van der Waals surface area (Å²) in [6, 6.07) is 16.3. The summed E-state index contributed by atoms with van der Waals surface area (Å²) < 4.78 is 31.7. The Balaban J connectivity index is 2.20. The van der Waals surface area contributed by atoms with Gasteiger partial charge in [-0.1, -0.05) is 24.3 Å². The number of hydrogen-bond donors (Lipinski definition) is 0. The van der Waals surface area contributed by atoms with Crippen LogP contribution in [0.3, 0.4) is 0 Å². The lowest BCUT2D eigenvalue weighted by atomic mass is 10.2. The van der Waals surface area contributed by atoms with Gasteiger partial charge in [-0.3, -0.25) is 4.31 Å². The highest BCUT2D eigenvalue weighted by molar-refractivity contribution is 7.92. The summed E-state index contributed by atoms with van der Waals surface area (Å²) in [5.41, 5.74) is 0.673. The second-order valence-corrected chi connectivity index (χ2v) is 7.20. The Morgan fingerprint density at radius 1 is 1.16 bits per heavy atom. The van der Waals surface area contributed by atoms with Crippen LogP contribution in [0, 0.1) is 11.3 Å². The molecule has 0 N–H and O–H groups in total. The van der Waals surface area contributed by atoms with E-state index in [0.29, 0.717) is 18.5 Å². The van der Waals surface area contributed by atoms with Crippen molar-refractivity contribution in [3.8, 4) is 6.07 Å². The summed E-state index contributed by atoms with van der Waals surface area (Å²) in [6.07, 6.45) is 0.737. The molecule has 2 aromatic rings. The third-order valence-electron chi connectivity index (χ3n) is 3.51. The average Bonchev–Trinajstić information content (AvgIpc) is 2.65. The van der Waals surface area contributed by atoms with Gasteiger partial charge < -0.3 is 4.74 Å². The molecule has 6 nitrogen and oxygen atoms in total. The monoisotopic (exact) mass is 358 g/mol. The first-order chi connectivity index (χ1) is 12.0. The fourth-order valence-electron chi connectivity index (χ4n) is 2.12. The van der Waals surface area contributed by atoms with Gasteiger partial charge in [0.15, 0.2) is 0 Å². The van der Waals surface area contributed by atoms with E-state index in [4.69, 9.17) is 10.00 Å². The Morgan fingerprint density at radius 3 is 2.56 bits per heavy atom. The van der Waals surface area contributed by atoms with E-state index in [1.165, 1.54) is 31.3 Å². The Kier molecular flexibility index (Phi) is 6.14. The zero-order valence-corrected chi connectivity index (χ0v) is 14.6. The highest BCUT2D eigenvalue weighted by Crippen LogP contribution is 2.22. The number of hydrogen-bond acceptors (Lipinski definition) is 5. The number of carbonyl (C=O) groups excluding carboxylic acids is 1. The third-order valence-corrected chi connectivity index (χ3v) is 5.30. The number of rotatable bonds is 7. The minimum absolute atomic E-state index is 0.00493. The Labute approximate surface area is 147 Å². The molecular weight excluding hydrogens is 340 g/mol. The van der Waals surface area contributed by atoms with Crippen molar-refractivity contribution in [2.45, 2.75) is 17.7 Å². The number of benzene rings is 2. The van der Waals surface area contributed by atoms with Gasteiger partial charge >= 0.3 is 5.97 Å². The Bertz CT molecular complexity index is 873. The van der Waals surface area contributed by atoms with Crippen molar-refractivity contribution in [1.82, 2.24) is 0 Å². The molecule has 0 aliphatic carbocycles. The molecule has 0 saturated carbocycles. The van der Waals surface area contributed by atoms with Crippen molar-refractivity contribution in [2.75, 3.05) is 18.0 Å². The van der Waals surface area contributed by atoms with Crippen molar-refractivity contribution in [2.24, 2.45) is 0 Å². The van der Waals surface area contributed by atoms with E-state index >= 15 is 0 Å². The smallest absolute Gasteiger partial charge is 0.338 e. The van der Waals surface area contributed by atoms with Crippen molar-refractivity contribution in [1.29, 1.82) is 5.26 Å². The molecule has 0 saturated heterocycles. The molecule has 0 amide bonds. The number of unbranched alkanes of at least 4 members (excludes halogenated alkanes) is 1. The molecule has 0 radical (unpaired) electrons. The number of esters is 1. The molecule has 0 heterocycles. The largest absolute Gasteiger partial charge is 0.462 e. The molecule has 0 aliphatic heterocycles. The van der Waals surface area contributed by atoms with Gasteiger partial charge in [0.2, 0.25) is 0 Å². The summed E-state index contributed by atoms with van der Waals surface area (Å²) in [7, 11) is -2.34. The van der Waals surface area contributed by atoms with Crippen LogP contribution in [0.4, 0.5) is 5.69 Å². The predicted octanol–water partition coefficient (Wildman–Crippen LogP) is 2.97. The van der Waals surface area contributed by atoms with Crippen LogP contribution < -0.4 is 4.31 Å². The van der Waals surface area contributed by atoms with Crippen molar-refractivity contribution >= 4 is 21.7 Å². The summed E-state index contributed by atoms with van der Waals surface area (Å²) >= 11 is 0. The van der Waals surface area contributed by atoms with Gasteiger partial charge in [0.1, 0.15) is 0 Å². The predicted molar refractivity (Wildman–Crippen MR) is 93.6 cm³/mol. The molecule has 0 bridgehead atoms. The van der Waals surface area contributed by atoms with Crippen molar-refractivity contribution < 1.29 is 17.9 Å². The van der Waals surface area contributed by atoms with E-state index < -0.39 is 16.0 Å². The number of anilines is 1. The molecule has 7 heteroatoms. The molecule has 130 valence electrons. The number of nitrogens with zero attached hydrogens (tertiary/aromatic N) is 2. The maximum absolute atomic E-state index is 12.7. The van der Waals surface area contributed by atoms with E-state index in [-0.39, 0.29) is 17.1 Å². The maximum atomic E-state index is 12.7. The van der Waals surface area contributed by atoms with Crippen LogP contribution in [0.2, 0.25) is 0 Å². The highest BCUT2D eigenvalue weighted by atomic mass is 32.2. The summed E-state index contributed by atoms with van der Waals surface area (Å²) in [5, 5.41) is 8.46. The number of carbonyl (C=O) groups is 1. The minimum Gasteiger partial charge on any atom is -0.462 e. The normalized spacial score (nSPS) is 10.7. The van der Waals surface area contributed by atoms with Crippen LogP contribution in [0.25, 0.3) is 0 Å². The first-order valence-electron chi connectivity index (χ1n) is 7.65. The molecule has 0 fully saturated rings. The second-order valence-electron chi connectivity index (χ2n) is 5.23. The lowest BCUT2D eigenvalue weighted by Gasteiger charge is -2.19. The van der Waals surface area contributed by atoms with Gasteiger partial charge in [0.05, 0.1) is 28.8 Å². The van der Waals surface area contributed by atoms with Crippen LogP contribution in [0.1, 0.15) is 23.2 Å². The van der Waals surface area contributed by atoms with Crippen LogP contribution >= 0.6 is 0 Å². The molecule has 0 aromatic heterocycles. The van der Waals surface area contributed by atoms with Gasteiger partial charge in [-0.25, -0.2) is 13.2 Å². The van der Waals surface area contributed by atoms with Gasteiger partial charge in [-0.2, -0.15) is 5.26 Å². The average molecular weight is 358 g/mol. The lowest BCUT2D eigenvalue weighted by Crippen LogP contribution is -2.26. The van der Waals surface area contributed by atoms with Gasteiger partial charge in [-0.15, -0.1) is 0 Å². The number of nitriles is 1. The van der Waals surface area contributed by atoms with Gasteiger partial charge in [0.25, 0.3) is 10.0 Å². The summed E-state index contributed by atoms with van der Waals surface area (Å²) in [5.74, 6) is -0.614. The molecule has 0 atom stereocenters. The van der Waals surface area contributed by atoms with Gasteiger partial charge in [-0.05, 0) is 36.8 Å². The van der Waals surface area contributed by atoms with Crippen LogP contribution in [0.15, 0.2) is 59.5 Å². The Morgan fingerprint density at radius 2 is 1.88 bits per heavy atom. The van der Waals surface area contributed by atoms with Crippen molar-refractivity contribution in [3.63, 3.8) is 0 Å². The zero-order chi connectivity index (χ0) is 18.3. The first kappa shape index (κ1) is 18.5. The Hall–Kier alpha value is -2.85. The second kappa shape index (κ2) is 8.31. The number of para-hydroxylation sites is 1. The van der Waals surface area contributed by atoms with Crippen LogP contribution in [-0.2, 0) is 14.8 Å². The van der Waals surface area contributed by atoms with E-state index in [2.05, 4.69) is 0 Å². The van der Waals surface area contributed by atoms with E-state index in [1.54, 1.807) is 30.3 Å². The van der Waals surface area contributed by atoms with Crippen LogP contribution in [-0.4, -0.2) is 28.0 Å². The van der Waals surface area contributed by atoms with Crippen LogP contribution in [0.5, 0.6) is 0 Å². The van der Waals surface area contributed by atoms with E-state index in [9.17, 15) is 13.2 Å². The quantitative estimate of drug-likeness (QED) is 0.561. The minimum atomic E-state index is -3.79. The molecule has 0 aliphatic rings. The molecule has 2 rings (SSSR count). The molecular formula is C18H18N2O4S. The first-order valence-corrected chi connectivity index (χ1v) is 9.09. The SMILES string of the molecule is CN(c1ccccc1)S(=O)(=O)c1cccc(C(=O)OCCCC#N)c1. The molecule has 0 unspecified atom stereocenters. The molecule has 25 heavy (non-hydrogen) atoms.